The Morgan fingerprint density at radius 2 is 1.79 bits per heavy atom. The Labute approximate surface area is 191 Å². The van der Waals surface area contributed by atoms with Crippen molar-refractivity contribution in [2.75, 3.05) is 26.8 Å². The highest BCUT2D eigenvalue weighted by Crippen LogP contribution is 2.17. The fourth-order valence-corrected chi connectivity index (χ4v) is 2.64. The van der Waals surface area contributed by atoms with Gasteiger partial charge in [-0.15, -0.1) is 24.0 Å². The summed E-state index contributed by atoms with van der Waals surface area (Å²) in [6.45, 7) is 7.11. The standard InChI is InChI=1S/C23H31N3O2.HI/c1-3-16-28-22-14-8-7-13-21(22)18-26-23(24-2)25-15-9-10-17-27-19-20-11-5-4-6-12-20;/h3-8,11-14H,1,9-10,15-19H2,2H3,(H2,24,25,26);1H. The van der Waals surface area contributed by atoms with E-state index in [1.54, 1.807) is 13.1 Å². The summed E-state index contributed by atoms with van der Waals surface area (Å²) < 4.78 is 11.4. The second kappa shape index (κ2) is 15.8. The van der Waals surface area contributed by atoms with Crippen LogP contribution in [0.15, 0.2) is 72.2 Å². The number of para-hydroxylation sites is 1. The van der Waals surface area contributed by atoms with Crippen LogP contribution in [-0.2, 0) is 17.9 Å². The molecule has 0 amide bonds. The maximum absolute atomic E-state index is 5.71. The van der Waals surface area contributed by atoms with Crippen molar-refractivity contribution in [1.29, 1.82) is 0 Å². The molecule has 0 unspecified atom stereocenters. The van der Waals surface area contributed by atoms with Crippen molar-refractivity contribution >= 4 is 29.9 Å². The molecule has 0 aromatic heterocycles. The van der Waals surface area contributed by atoms with Crippen molar-refractivity contribution in [2.24, 2.45) is 4.99 Å². The number of hydrogen-bond acceptors (Lipinski definition) is 3. The highest BCUT2D eigenvalue weighted by molar-refractivity contribution is 14.0. The number of guanidine groups is 1. The predicted molar refractivity (Wildman–Crippen MR) is 131 cm³/mol. The van der Waals surface area contributed by atoms with E-state index in [1.807, 2.05) is 42.5 Å². The zero-order valence-corrected chi connectivity index (χ0v) is 19.4. The monoisotopic (exact) mass is 509 g/mol. The molecule has 0 radical (unpaired) electrons. The topological polar surface area (TPSA) is 54.9 Å². The van der Waals surface area contributed by atoms with Crippen molar-refractivity contribution < 1.29 is 9.47 Å². The second-order valence-corrected chi connectivity index (χ2v) is 6.31. The fourth-order valence-electron chi connectivity index (χ4n) is 2.64. The molecular formula is C23H32IN3O2. The number of nitrogens with one attached hydrogen (secondary N) is 2. The Balaban J connectivity index is 0.00000420. The van der Waals surface area contributed by atoms with Gasteiger partial charge in [-0.05, 0) is 24.5 Å². The molecule has 0 aliphatic rings. The van der Waals surface area contributed by atoms with Crippen LogP contribution < -0.4 is 15.4 Å². The number of halogens is 1. The van der Waals surface area contributed by atoms with Crippen molar-refractivity contribution in [1.82, 2.24) is 10.6 Å². The van der Waals surface area contributed by atoms with E-state index in [0.29, 0.717) is 19.8 Å². The molecule has 0 heterocycles. The Morgan fingerprint density at radius 3 is 2.55 bits per heavy atom. The molecule has 2 aromatic carbocycles. The van der Waals surface area contributed by atoms with Gasteiger partial charge in [-0.25, -0.2) is 0 Å². The van der Waals surface area contributed by atoms with Gasteiger partial charge in [0.2, 0.25) is 0 Å². The van der Waals surface area contributed by atoms with Crippen molar-refractivity contribution in [3.63, 3.8) is 0 Å². The van der Waals surface area contributed by atoms with Crippen molar-refractivity contribution in [3.05, 3.63) is 78.4 Å². The summed E-state index contributed by atoms with van der Waals surface area (Å²) in [6, 6.07) is 18.2. The van der Waals surface area contributed by atoms with Gasteiger partial charge in [0.05, 0.1) is 6.61 Å². The van der Waals surface area contributed by atoms with Gasteiger partial charge in [0.1, 0.15) is 12.4 Å². The van der Waals surface area contributed by atoms with Gasteiger partial charge < -0.3 is 20.1 Å². The lowest BCUT2D eigenvalue weighted by atomic mass is 10.2. The zero-order valence-electron chi connectivity index (χ0n) is 17.1. The zero-order chi connectivity index (χ0) is 19.9. The number of benzene rings is 2. The molecule has 2 aromatic rings. The predicted octanol–water partition coefficient (Wildman–Crippen LogP) is 4.53. The quantitative estimate of drug-likeness (QED) is 0.145. The molecule has 5 nitrogen and oxygen atoms in total. The van der Waals surface area contributed by atoms with Gasteiger partial charge in [0.25, 0.3) is 0 Å². The first-order valence-electron chi connectivity index (χ1n) is 9.71. The maximum atomic E-state index is 5.71. The van der Waals surface area contributed by atoms with Crippen LogP contribution in [0.5, 0.6) is 5.75 Å². The molecule has 2 N–H and O–H groups in total. The van der Waals surface area contributed by atoms with Gasteiger partial charge in [-0.3, -0.25) is 4.99 Å². The Morgan fingerprint density at radius 1 is 1.03 bits per heavy atom. The molecular weight excluding hydrogens is 477 g/mol. The molecule has 0 spiro atoms. The van der Waals surface area contributed by atoms with E-state index in [9.17, 15) is 0 Å². The summed E-state index contributed by atoms with van der Waals surface area (Å²) in [5.41, 5.74) is 2.30. The van der Waals surface area contributed by atoms with Gasteiger partial charge in [0.15, 0.2) is 5.96 Å². The molecule has 0 atom stereocenters. The summed E-state index contributed by atoms with van der Waals surface area (Å²) >= 11 is 0. The van der Waals surface area contributed by atoms with E-state index < -0.39 is 0 Å². The lowest BCUT2D eigenvalue weighted by Gasteiger charge is -2.14. The molecule has 0 aliphatic carbocycles. The number of ether oxygens (including phenoxy) is 2. The number of unbranched alkanes of at least 4 members (excludes halogenated alkanes) is 1. The number of hydrogen-bond donors (Lipinski definition) is 2. The van der Waals surface area contributed by atoms with E-state index >= 15 is 0 Å². The first-order valence-corrected chi connectivity index (χ1v) is 9.71. The molecule has 29 heavy (non-hydrogen) atoms. The Hall–Kier alpha value is -2.06. The summed E-state index contributed by atoms with van der Waals surface area (Å²) in [6.07, 6.45) is 3.78. The van der Waals surface area contributed by atoms with Gasteiger partial charge in [0, 0.05) is 32.3 Å². The van der Waals surface area contributed by atoms with Crippen LogP contribution in [-0.4, -0.2) is 32.8 Å². The first kappa shape index (κ1) is 25.0. The van der Waals surface area contributed by atoms with Crippen LogP contribution in [0.4, 0.5) is 0 Å². The Bertz CT molecular complexity index is 723. The van der Waals surface area contributed by atoms with Gasteiger partial charge in [-0.1, -0.05) is 61.2 Å². The van der Waals surface area contributed by atoms with Gasteiger partial charge >= 0.3 is 0 Å². The first-order chi connectivity index (χ1) is 13.8. The lowest BCUT2D eigenvalue weighted by molar-refractivity contribution is 0.117. The number of nitrogens with zero attached hydrogens (tertiary/aromatic N) is 1. The number of aliphatic imine (C=N–C) groups is 1. The largest absolute Gasteiger partial charge is 0.489 e. The smallest absolute Gasteiger partial charge is 0.191 e. The van der Waals surface area contributed by atoms with Crippen LogP contribution in [0, 0.1) is 0 Å². The fraction of sp³-hybridized carbons (Fsp3) is 0.348. The van der Waals surface area contributed by atoms with Crippen LogP contribution >= 0.6 is 24.0 Å². The minimum absolute atomic E-state index is 0. The third kappa shape index (κ3) is 10.3. The van der Waals surface area contributed by atoms with E-state index in [0.717, 1.165) is 43.3 Å². The lowest BCUT2D eigenvalue weighted by Crippen LogP contribution is -2.37. The molecule has 0 bridgehead atoms. The van der Waals surface area contributed by atoms with E-state index in [2.05, 4.69) is 34.3 Å². The Kier molecular flexibility index (Phi) is 13.6. The van der Waals surface area contributed by atoms with Crippen molar-refractivity contribution in [2.45, 2.75) is 26.0 Å². The molecule has 0 aliphatic heterocycles. The van der Waals surface area contributed by atoms with Crippen LogP contribution in [0.1, 0.15) is 24.0 Å². The summed E-state index contributed by atoms with van der Waals surface area (Å²) in [5.74, 6) is 1.64. The van der Waals surface area contributed by atoms with E-state index in [-0.39, 0.29) is 24.0 Å². The second-order valence-electron chi connectivity index (χ2n) is 6.31. The minimum Gasteiger partial charge on any atom is -0.489 e. The molecule has 0 fully saturated rings. The van der Waals surface area contributed by atoms with E-state index in [1.165, 1.54) is 5.56 Å². The van der Waals surface area contributed by atoms with Crippen molar-refractivity contribution in [3.8, 4) is 5.75 Å². The molecule has 2 rings (SSSR count). The normalized spacial score (nSPS) is 10.7. The average molecular weight is 509 g/mol. The SMILES string of the molecule is C=CCOc1ccccc1CNC(=NC)NCCCCOCc1ccccc1.I. The third-order valence-electron chi connectivity index (χ3n) is 4.12. The summed E-state index contributed by atoms with van der Waals surface area (Å²) in [5, 5.41) is 6.67. The number of rotatable bonds is 12. The van der Waals surface area contributed by atoms with Crippen LogP contribution in [0.2, 0.25) is 0 Å². The molecule has 0 saturated heterocycles. The molecule has 0 saturated carbocycles. The summed E-state index contributed by atoms with van der Waals surface area (Å²) in [4.78, 5) is 4.27. The van der Waals surface area contributed by atoms with Crippen LogP contribution in [0.3, 0.4) is 0 Å². The molecule has 6 heteroatoms. The summed E-state index contributed by atoms with van der Waals surface area (Å²) in [7, 11) is 1.78. The van der Waals surface area contributed by atoms with E-state index in [4.69, 9.17) is 9.47 Å². The van der Waals surface area contributed by atoms with Crippen LogP contribution in [0.25, 0.3) is 0 Å². The highest BCUT2D eigenvalue weighted by atomic mass is 127. The minimum atomic E-state index is 0. The maximum Gasteiger partial charge on any atom is 0.191 e. The average Bonchev–Trinajstić information content (AvgIpc) is 2.75. The highest BCUT2D eigenvalue weighted by Gasteiger charge is 2.04. The third-order valence-corrected chi connectivity index (χ3v) is 4.12. The molecule has 158 valence electrons. The van der Waals surface area contributed by atoms with Gasteiger partial charge in [-0.2, -0.15) is 0 Å².